The number of benzene rings is 1. The van der Waals surface area contributed by atoms with Crippen molar-refractivity contribution in [3.63, 3.8) is 0 Å². The van der Waals surface area contributed by atoms with E-state index in [0.29, 0.717) is 25.0 Å². The molecule has 2 aliphatic heterocycles. The molecule has 2 heterocycles. The number of carbonyl (C=O) groups excluding carboxylic acids is 2. The average Bonchev–Trinajstić information content (AvgIpc) is 3.28. The summed E-state index contributed by atoms with van der Waals surface area (Å²) in [6.07, 6.45) is 4.32. The van der Waals surface area contributed by atoms with Crippen molar-refractivity contribution in [2.75, 3.05) is 20.3 Å². The van der Waals surface area contributed by atoms with Crippen molar-refractivity contribution >= 4 is 17.9 Å². The maximum atomic E-state index is 13.6. The number of amides is 2. The van der Waals surface area contributed by atoms with Crippen LogP contribution in [0, 0.1) is 23.6 Å². The molecule has 7 heteroatoms. The molecule has 3 aliphatic rings. The molecule has 0 unspecified atom stereocenters. The molecule has 2 fully saturated rings. The number of carbonyl (C=O) groups is 2. The molecule has 4 rings (SSSR count). The second-order valence-electron chi connectivity index (χ2n) is 8.62. The third kappa shape index (κ3) is 3.81. The molecule has 6 nitrogen and oxygen atoms in total. The molecule has 0 bridgehead atoms. The molecule has 4 atom stereocenters. The number of fused-ring (bicyclic) bond motifs is 3. The molecular formula is C24H28FNO5. The number of phenols is 1. The van der Waals surface area contributed by atoms with Crippen LogP contribution >= 0.6 is 0 Å². The van der Waals surface area contributed by atoms with Gasteiger partial charge in [0, 0.05) is 13.0 Å². The molecule has 0 spiro atoms. The number of phenolic OH excluding ortho intramolecular Hbond substituents is 1. The number of hydrogen-bond acceptors (Lipinski definition) is 5. The van der Waals surface area contributed by atoms with E-state index in [-0.39, 0.29) is 36.2 Å². The van der Waals surface area contributed by atoms with E-state index >= 15 is 0 Å². The minimum absolute atomic E-state index is 0.136. The molecule has 0 aromatic heterocycles. The first-order valence-electron chi connectivity index (χ1n) is 10.8. The van der Waals surface area contributed by atoms with E-state index in [1.807, 2.05) is 13.0 Å². The van der Waals surface area contributed by atoms with Gasteiger partial charge in [0.1, 0.15) is 0 Å². The first-order valence-corrected chi connectivity index (χ1v) is 10.8. The van der Waals surface area contributed by atoms with Crippen molar-refractivity contribution in [1.82, 2.24) is 4.90 Å². The van der Waals surface area contributed by atoms with Gasteiger partial charge in [0.15, 0.2) is 11.6 Å². The third-order valence-corrected chi connectivity index (χ3v) is 6.94. The molecule has 31 heavy (non-hydrogen) atoms. The number of hydrogen-bond donors (Lipinski definition) is 2. The predicted octanol–water partition coefficient (Wildman–Crippen LogP) is 3.04. The van der Waals surface area contributed by atoms with Crippen molar-refractivity contribution in [2.45, 2.75) is 38.7 Å². The lowest BCUT2D eigenvalue weighted by Gasteiger charge is -2.31. The van der Waals surface area contributed by atoms with Crippen LogP contribution in [0.15, 0.2) is 34.9 Å². The van der Waals surface area contributed by atoms with E-state index in [4.69, 9.17) is 4.74 Å². The highest BCUT2D eigenvalue weighted by molar-refractivity contribution is 6.05. The third-order valence-electron chi connectivity index (χ3n) is 6.94. The number of ether oxygens (including phenoxy) is 1. The molecule has 166 valence electrons. The number of aromatic hydroxyl groups is 1. The van der Waals surface area contributed by atoms with Gasteiger partial charge in [-0.2, -0.15) is 0 Å². The molecular weight excluding hydrogens is 401 g/mol. The summed E-state index contributed by atoms with van der Waals surface area (Å²) in [6, 6.07) is 4.32. The minimum Gasteiger partial charge on any atom is -0.505 e. The van der Waals surface area contributed by atoms with Gasteiger partial charge >= 0.3 is 0 Å². The van der Waals surface area contributed by atoms with Crippen LogP contribution in [-0.4, -0.2) is 53.3 Å². The summed E-state index contributed by atoms with van der Waals surface area (Å²) in [5.74, 6) is -2.29. The molecule has 2 saturated heterocycles. The summed E-state index contributed by atoms with van der Waals surface area (Å²) >= 11 is 0. The Labute approximate surface area is 181 Å². The van der Waals surface area contributed by atoms with Crippen LogP contribution in [0.1, 0.15) is 38.2 Å². The second-order valence-corrected chi connectivity index (χ2v) is 8.62. The summed E-state index contributed by atoms with van der Waals surface area (Å²) in [5, 5.41) is 19.3. The lowest BCUT2D eigenvalue weighted by Crippen LogP contribution is -2.34. The summed E-state index contributed by atoms with van der Waals surface area (Å²) in [6.45, 7) is 2.28. The highest BCUT2D eigenvalue weighted by Crippen LogP contribution is 2.49. The Morgan fingerprint density at radius 1 is 1.29 bits per heavy atom. The SMILES string of the molecule is CC/C(=C\c1ccc(O)c(F)c1)CC[C@H]1OC[C@H]2C1=C(CO)C[C@H]1C(=O)N(C)C(=O)[C@H]12. The number of imide groups is 1. The van der Waals surface area contributed by atoms with Crippen LogP contribution in [0.5, 0.6) is 5.75 Å². The van der Waals surface area contributed by atoms with Gasteiger partial charge in [-0.15, -0.1) is 0 Å². The largest absolute Gasteiger partial charge is 0.505 e. The smallest absolute Gasteiger partial charge is 0.233 e. The van der Waals surface area contributed by atoms with Crippen LogP contribution < -0.4 is 0 Å². The van der Waals surface area contributed by atoms with Crippen LogP contribution in [0.2, 0.25) is 0 Å². The predicted molar refractivity (Wildman–Crippen MR) is 112 cm³/mol. The standard InChI is InChI=1S/C24H28FNO5/c1-3-13(8-14-4-6-19(28)18(25)9-14)5-7-20-21-15(11-27)10-16-22(17(21)12-31-20)24(30)26(2)23(16)29/h4,6,8-9,16-17,20,22,27-28H,3,5,7,10-12H2,1-2H3/b13-8+/t16-,17+,20-,22-/m1/s1. The fraction of sp³-hybridized carbons (Fsp3) is 0.500. The number of halogens is 1. The number of rotatable bonds is 6. The Morgan fingerprint density at radius 2 is 2.06 bits per heavy atom. The minimum atomic E-state index is -0.651. The first-order chi connectivity index (χ1) is 14.8. The van der Waals surface area contributed by atoms with Crippen molar-refractivity contribution < 1.29 is 28.9 Å². The lowest BCUT2D eigenvalue weighted by molar-refractivity contribution is -0.138. The normalized spacial score (nSPS) is 28.4. The fourth-order valence-electron chi connectivity index (χ4n) is 5.29. The second kappa shape index (κ2) is 8.55. The van der Waals surface area contributed by atoms with E-state index in [2.05, 4.69) is 0 Å². The molecule has 2 amide bonds. The first kappa shape index (κ1) is 21.7. The highest BCUT2D eigenvalue weighted by Gasteiger charge is 2.55. The summed E-state index contributed by atoms with van der Waals surface area (Å²) in [5.41, 5.74) is 3.62. The number of likely N-dealkylation sites (tertiary alicyclic amines) is 1. The quantitative estimate of drug-likeness (QED) is 0.536. The number of allylic oxidation sites excluding steroid dienone is 1. The maximum absolute atomic E-state index is 13.6. The zero-order valence-corrected chi connectivity index (χ0v) is 17.8. The highest BCUT2D eigenvalue weighted by atomic mass is 19.1. The lowest BCUT2D eigenvalue weighted by atomic mass is 9.69. The van der Waals surface area contributed by atoms with Crippen molar-refractivity contribution in [3.8, 4) is 5.75 Å². The topological polar surface area (TPSA) is 87.1 Å². The Bertz CT molecular complexity index is 969. The Balaban J connectivity index is 1.52. The van der Waals surface area contributed by atoms with Gasteiger partial charge in [-0.1, -0.05) is 24.6 Å². The maximum Gasteiger partial charge on any atom is 0.233 e. The zero-order chi connectivity index (χ0) is 22.3. The fourth-order valence-corrected chi connectivity index (χ4v) is 5.29. The molecule has 1 aromatic rings. The van der Waals surface area contributed by atoms with Gasteiger partial charge in [-0.3, -0.25) is 14.5 Å². The summed E-state index contributed by atoms with van der Waals surface area (Å²) in [4.78, 5) is 26.4. The van der Waals surface area contributed by atoms with Crippen molar-refractivity contribution in [3.05, 3.63) is 46.3 Å². The van der Waals surface area contributed by atoms with Gasteiger partial charge in [0.05, 0.1) is 31.2 Å². The van der Waals surface area contributed by atoms with E-state index in [1.165, 1.54) is 24.1 Å². The molecule has 0 saturated carbocycles. The molecule has 0 radical (unpaired) electrons. The van der Waals surface area contributed by atoms with E-state index in [9.17, 15) is 24.2 Å². The number of aliphatic hydroxyl groups excluding tert-OH is 1. The van der Waals surface area contributed by atoms with Crippen molar-refractivity contribution in [1.29, 1.82) is 0 Å². The van der Waals surface area contributed by atoms with Crippen LogP contribution in [0.4, 0.5) is 4.39 Å². The van der Waals surface area contributed by atoms with Gasteiger partial charge in [-0.25, -0.2) is 4.39 Å². The zero-order valence-electron chi connectivity index (χ0n) is 17.8. The van der Waals surface area contributed by atoms with Gasteiger partial charge in [0.25, 0.3) is 0 Å². The molecule has 1 aliphatic carbocycles. The molecule has 2 N–H and O–H groups in total. The average molecular weight is 429 g/mol. The summed E-state index contributed by atoms with van der Waals surface area (Å²) in [7, 11) is 1.53. The Kier molecular flexibility index (Phi) is 5.99. The van der Waals surface area contributed by atoms with E-state index in [0.717, 1.165) is 29.6 Å². The van der Waals surface area contributed by atoms with Gasteiger partial charge in [0.2, 0.25) is 11.8 Å². The molecule has 1 aromatic carbocycles. The summed E-state index contributed by atoms with van der Waals surface area (Å²) < 4.78 is 19.7. The number of aliphatic hydroxyl groups is 1. The van der Waals surface area contributed by atoms with Gasteiger partial charge < -0.3 is 14.9 Å². The monoisotopic (exact) mass is 429 g/mol. The van der Waals surface area contributed by atoms with Crippen LogP contribution in [0.25, 0.3) is 6.08 Å². The van der Waals surface area contributed by atoms with Gasteiger partial charge in [-0.05, 0) is 54.5 Å². The van der Waals surface area contributed by atoms with E-state index < -0.39 is 17.7 Å². The van der Waals surface area contributed by atoms with Crippen LogP contribution in [0.3, 0.4) is 0 Å². The van der Waals surface area contributed by atoms with Crippen LogP contribution in [-0.2, 0) is 14.3 Å². The van der Waals surface area contributed by atoms with Crippen molar-refractivity contribution in [2.24, 2.45) is 17.8 Å². The Hall–Kier alpha value is -2.51. The number of nitrogens with zero attached hydrogens (tertiary/aromatic N) is 1. The Morgan fingerprint density at radius 3 is 2.74 bits per heavy atom. The van der Waals surface area contributed by atoms with E-state index in [1.54, 1.807) is 6.07 Å².